The molecule has 2 heteroatoms. The summed E-state index contributed by atoms with van der Waals surface area (Å²) in [4.78, 5) is 0. The number of nitrogens with zero attached hydrogens (tertiary/aromatic N) is 1. The number of furan rings is 1. The minimum Gasteiger partial charge on any atom is -0.455 e. The first-order chi connectivity index (χ1) is 22.7. The Bertz CT molecular complexity index is 2640. The Labute approximate surface area is 266 Å². The number of benzene rings is 6. The lowest BCUT2D eigenvalue weighted by Crippen LogP contribution is -2.34. The molecule has 2 aromatic heterocycles. The van der Waals surface area contributed by atoms with Crippen LogP contribution in [0.5, 0.6) is 0 Å². The molecule has 1 aliphatic heterocycles. The zero-order valence-electron chi connectivity index (χ0n) is 25.2. The van der Waals surface area contributed by atoms with Crippen molar-refractivity contribution in [3.05, 3.63) is 181 Å². The Balaban J connectivity index is 1.36. The Hall–Kier alpha value is -5.86. The molecule has 0 saturated carbocycles. The van der Waals surface area contributed by atoms with Gasteiger partial charge in [-0.05, 0) is 58.0 Å². The second-order valence-corrected chi connectivity index (χ2v) is 12.5. The Morgan fingerprint density at radius 1 is 0.609 bits per heavy atom. The molecule has 0 fully saturated rings. The van der Waals surface area contributed by atoms with Gasteiger partial charge in [0.15, 0.2) is 0 Å². The molecule has 2 aliphatic rings. The normalized spacial score (nSPS) is 18.4. The van der Waals surface area contributed by atoms with Crippen molar-refractivity contribution in [1.82, 2.24) is 4.57 Å². The molecule has 10 rings (SSSR count). The summed E-state index contributed by atoms with van der Waals surface area (Å²) in [5.74, 6) is 0. The highest BCUT2D eigenvalue weighted by atomic mass is 16.3. The number of aromatic nitrogens is 1. The predicted molar refractivity (Wildman–Crippen MR) is 192 cm³/mol. The molecule has 1 atom stereocenters. The second kappa shape index (κ2) is 9.32. The van der Waals surface area contributed by atoms with Gasteiger partial charge < -0.3 is 8.98 Å². The minimum absolute atomic E-state index is 0.425. The van der Waals surface area contributed by atoms with Crippen LogP contribution in [0.25, 0.3) is 66.1 Å². The molecule has 2 nitrogen and oxygen atoms in total. The van der Waals surface area contributed by atoms with Crippen molar-refractivity contribution in [3.63, 3.8) is 0 Å². The van der Waals surface area contributed by atoms with Crippen LogP contribution >= 0.6 is 0 Å². The molecular weight excluding hydrogens is 558 g/mol. The molecule has 8 aromatic rings. The second-order valence-electron chi connectivity index (χ2n) is 12.5. The highest BCUT2D eigenvalue weighted by molar-refractivity contribution is 6.13. The van der Waals surface area contributed by atoms with Crippen LogP contribution in [0.1, 0.15) is 28.7 Å². The van der Waals surface area contributed by atoms with E-state index in [1.807, 2.05) is 6.07 Å². The maximum absolute atomic E-state index is 6.53. The van der Waals surface area contributed by atoms with Crippen LogP contribution in [-0.2, 0) is 5.41 Å². The van der Waals surface area contributed by atoms with E-state index in [4.69, 9.17) is 4.42 Å². The lowest BCUT2D eigenvalue weighted by molar-refractivity contribution is 0.617. The summed E-state index contributed by atoms with van der Waals surface area (Å²) in [6.45, 7) is 4.53. The number of hydrogen-bond acceptors (Lipinski definition) is 1. The van der Waals surface area contributed by atoms with Crippen molar-refractivity contribution in [2.45, 2.75) is 11.8 Å². The molecule has 0 bridgehead atoms. The molecule has 0 saturated heterocycles. The lowest BCUT2D eigenvalue weighted by Gasteiger charge is -2.42. The molecular formula is C44H29NO. The third-order valence-electron chi connectivity index (χ3n) is 10.3. The van der Waals surface area contributed by atoms with E-state index in [2.05, 4.69) is 157 Å². The van der Waals surface area contributed by atoms with E-state index in [1.54, 1.807) is 0 Å². The smallest absolute Gasteiger partial charge is 0.143 e. The molecule has 216 valence electrons. The number of rotatable bonds is 1. The third-order valence-corrected chi connectivity index (χ3v) is 10.3. The summed E-state index contributed by atoms with van der Waals surface area (Å²) in [5.41, 5.74) is 13.5. The van der Waals surface area contributed by atoms with Gasteiger partial charge in [-0.2, -0.15) is 0 Å². The summed E-state index contributed by atoms with van der Waals surface area (Å²) in [5, 5.41) is 4.83. The first-order valence-electron chi connectivity index (χ1n) is 15.9. The van der Waals surface area contributed by atoms with Crippen molar-refractivity contribution >= 4 is 49.3 Å². The Morgan fingerprint density at radius 2 is 1.35 bits per heavy atom. The van der Waals surface area contributed by atoms with Crippen LogP contribution in [-0.4, -0.2) is 4.57 Å². The third kappa shape index (κ3) is 3.25. The van der Waals surface area contributed by atoms with Crippen LogP contribution in [0.15, 0.2) is 163 Å². The highest BCUT2D eigenvalue weighted by Gasteiger charge is 2.44. The molecule has 0 amide bonds. The van der Waals surface area contributed by atoms with E-state index in [9.17, 15) is 0 Å². The molecule has 1 aliphatic carbocycles. The van der Waals surface area contributed by atoms with Gasteiger partial charge in [0.25, 0.3) is 0 Å². The average Bonchev–Trinajstić information content (AvgIpc) is 3.67. The molecule has 46 heavy (non-hydrogen) atoms. The maximum Gasteiger partial charge on any atom is 0.143 e. The van der Waals surface area contributed by atoms with E-state index in [1.165, 1.54) is 49.7 Å². The van der Waals surface area contributed by atoms with E-state index >= 15 is 0 Å². The summed E-state index contributed by atoms with van der Waals surface area (Å²) < 4.78 is 9.04. The molecule has 0 N–H and O–H groups in total. The van der Waals surface area contributed by atoms with Gasteiger partial charge in [-0.1, -0.05) is 140 Å². The molecule has 1 unspecified atom stereocenters. The van der Waals surface area contributed by atoms with Gasteiger partial charge in [0.1, 0.15) is 11.2 Å². The van der Waals surface area contributed by atoms with E-state index in [-0.39, 0.29) is 0 Å². The minimum atomic E-state index is -0.425. The van der Waals surface area contributed by atoms with Crippen molar-refractivity contribution in [2.75, 3.05) is 0 Å². The topological polar surface area (TPSA) is 18.1 Å². The van der Waals surface area contributed by atoms with E-state index < -0.39 is 5.41 Å². The zero-order valence-corrected chi connectivity index (χ0v) is 25.2. The Kier molecular flexibility index (Phi) is 5.16. The van der Waals surface area contributed by atoms with Gasteiger partial charge in [0.05, 0.1) is 22.1 Å². The first-order valence-corrected chi connectivity index (χ1v) is 15.9. The summed E-state index contributed by atoms with van der Waals surface area (Å²) in [7, 11) is 0. The van der Waals surface area contributed by atoms with Crippen LogP contribution in [0.4, 0.5) is 0 Å². The van der Waals surface area contributed by atoms with Crippen molar-refractivity contribution < 1.29 is 4.42 Å². The van der Waals surface area contributed by atoms with E-state index in [0.717, 1.165) is 45.1 Å². The fraction of sp³-hybridized carbons (Fsp3) is 0.0455. The van der Waals surface area contributed by atoms with Crippen molar-refractivity contribution in [3.8, 4) is 16.8 Å². The fourth-order valence-corrected chi connectivity index (χ4v) is 8.32. The van der Waals surface area contributed by atoms with Gasteiger partial charge in [-0.3, -0.25) is 0 Å². The van der Waals surface area contributed by atoms with E-state index in [0.29, 0.717) is 0 Å². The SMILES string of the molecule is C=C1/C=C\C=C/CC2(c3ccccc31)c1ccc(-c3cccc4c3oc3ccccc34)cc1-n1c3ccccc3c3cccc2c31. The highest BCUT2D eigenvalue weighted by Crippen LogP contribution is 2.55. The number of para-hydroxylation sites is 4. The van der Waals surface area contributed by atoms with Crippen LogP contribution in [0, 0.1) is 0 Å². The molecule has 0 radical (unpaired) electrons. The van der Waals surface area contributed by atoms with Gasteiger partial charge in [-0.15, -0.1) is 0 Å². The standard InChI is InChI=1S/C44H29NO/c1-28-13-3-2-10-26-44(36-20-7-4-14-30(28)36)37-25-24-29(31-17-11-19-35-33-16-6-9-23-41(33)46-43(31)35)27-40(37)45-39-22-8-5-15-32(39)34-18-12-21-38(44)42(34)45/h2-25,27H,1,26H2/b10-2-,13-3-. The quantitative estimate of drug-likeness (QED) is 0.187. The Morgan fingerprint density at radius 3 is 2.30 bits per heavy atom. The largest absolute Gasteiger partial charge is 0.455 e. The fourth-order valence-electron chi connectivity index (χ4n) is 8.32. The molecule has 1 spiro atoms. The number of fused-ring (bicyclic) bond motifs is 12. The van der Waals surface area contributed by atoms with Crippen molar-refractivity contribution in [1.29, 1.82) is 0 Å². The van der Waals surface area contributed by atoms with Crippen LogP contribution < -0.4 is 0 Å². The lowest BCUT2D eigenvalue weighted by atomic mass is 9.63. The summed E-state index contributed by atoms with van der Waals surface area (Å²) >= 11 is 0. The van der Waals surface area contributed by atoms with Crippen LogP contribution in [0.3, 0.4) is 0 Å². The summed E-state index contributed by atoms with van der Waals surface area (Å²) in [6.07, 6.45) is 9.59. The van der Waals surface area contributed by atoms with Gasteiger partial charge in [0.2, 0.25) is 0 Å². The zero-order chi connectivity index (χ0) is 30.4. The van der Waals surface area contributed by atoms with Crippen molar-refractivity contribution in [2.24, 2.45) is 0 Å². The van der Waals surface area contributed by atoms with Gasteiger partial charge >= 0.3 is 0 Å². The summed E-state index contributed by atoms with van der Waals surface area (Å²) in [6, 6.07) is 46.5. The van der Waals surface area contributed by atoms with Gasteiger partial charge in [-0.25, -0.2) is 0 Å². The average molecular weight is 588 g/mol. The number of allylic oxidation sites excluding steroid dienone is 5. The monoisotopic (exact) mass is 587 g/mol. The first kappa shape index (κ1) is 25.5. The maximum atomic E-state index is 6.53. The predicted octanol–water partition coefficient (Wildman–Crippen LogP) is 11.5. The molecule has 3 heterocycles. The number of hydrogen-bond donors (Lipinski definition) is 0. The van der Waals surface area contributed by atoms with Crippen LogP contribution in [0.2, 0.25) is 0 Å². The molecule has 6 aromatic carbocycles. The van der Waals surface area contributed by atoms with Gasteiger partial charge in [0, 0.05) is 27.1 Å².